The third-order valence-corrected chi connectivity index (χ3v) is 1.87. The minimum Gasteiger partial charge on any atom is -0.501 e. The number of carbonyl (C=O) groups excluding carboxylic acids is 1. The lowest BCUT2D eigenvalue weighted by Crippen LogP contribution is -2.07. The van der Waals surface area contributed by atoms with Crippen LogP contribution in [0.5, 0.6) is 5.75 Å². The molecule has 0 aromatic carbocycles. The smallest absolute Gasteiger partial charge is 0.380 e. The number of hydrogen-bond acceptors (Lipinski definition) is 5. The van der Waals surface area contributed by atoms with Gasteiger partial charge in [-0.2, -0.15) is 0 Å². The van der Waals surface area contributed by atoms with Gasteiger partial charge in [0.2, 0.25) is 11.5 Å². The number of rotatable bonds is 1. The van der Waals surface area contributed by atoms with Crippen LogP contribution in [0.1, 0.15) is 38.2 Å². The summed E-state index contributed by atoms with van der Waals surface area (Å²) in [4.78, 5) is 21.7. The van der Waals surface area contributed by atoms with Crippen molar-refractivity contribution in [3.63, 3.8) is 0 Å². The van der Waals surface area contributed by atoms with Gasteiger partial charge in [0.1, 0.15) is 0 Å². The predicted molar refractivity (Wildman–Crippen MR) is 68.4 cm³/mol. The molecule has 0 aliphatic rings. The topological polar surface area (TPSA) is 76.7 Å². The van der Waals surface area contributed by atoms with E-state index in [9.17, 15) is 9.59 Å². The fraction of sp³-hybridized carbons (Fsp3) is 0.455. The lowest BCUT2D eigenvalue weighted by atomic mass is 10.4. The second-order valence-corrected chi connectivity index (χ2v) is 2.94. The Morgan fingerprint density at radius 3 is 2.18 bits per heavy atom. The van der Waals surface area contributed by atoms with E-state index in [2.05, 4.69) is 25.1 Å². The minimum atomic E-state index is -0.991. The molecule has 98 valence electrons. The fourth-order valence-corrected chi connectivity index (χ4v) is 1.03. The standard InChI is InChI=1S/C7H5BrO5.2C2H6/c1-12-6(10)4-2-3(8)5(9)7(11)13-4;2*1-2/h2,9H,1H3;2*1-2H3. The van der Waals surface area contributed by atoms with Crippen LogP contribution in [-0.2, 0) is 4.74 Å². The van der Waals surface area contributed by atoms with E-state index in [1.807, 2.05) is 27.7 Å². The van der Waals surface area contributed by atoms with Gasteiger partial charge in [-0.25, -0.2) is 9.59 Å². The summed E-state index contributed by atoms with van der Waals surface area (Å²) in [6, 6.07) is 1.16. The Balaban J connectivity index is 0. The fourth-order valence-electron chi connectivity index (χ4n) is 0.660. The maximum atomic E-state index is 10.9. The van der Waals surface area contributed by atoms with Crippen molar-refractivity contribution in [3.8, 4) is 5.75 Å². The van der Waals surface area contributed by atoms with E-state index < -0.39 is 17.3 Å². The first-order chi connectivity index (χ1) is 8.06. The number of halogens is 1. The van der Waals surface area contributed by atoms with Gasteiger partial charge in [-0.05, 0) is 15.9 Å². The zero-order valence-corrected chi connectivity index (χ0v) is 12.1. The molecule has 0 aliphatic heterocycles. The Morgan fingerprint density at radius 1 is 1.35 bits per heavy atom. The van der Waals surface area contributed by atoms with E-state index >= 15 is 0 Å². The lowest BCUT2D eigenvalue weighted by Gasteiger charge is -1.98. The van der Waals surface area contributed by atoms with Gasteiger partial charge in [-0.1, -0.05) is 27.7 Å². The molecule has 0 atom stereocenters. The molecule has 1 N–H and O–H groups in total. The number of carbonyl (C=O) groups is 1. The van der Waals surface area contributed by atoms with Gasteiger partial charge in [-0.15, -0.1) is 0 Å². The Morgan fingerprint density at radius 2 is 1.82 bits per heavy atom. The highest BCUT2D eigenvalue weighted by molar-refractivity contribution is 9.10. The van der Waals surface area contributed by atoms with Crippen LogP contribution in [0, 0.1) is 0 Å². The van der Waals surface area contributed by atoms with E-state index in [1.165, 1.54) is 0 Å². The van der Waals surface area contributed by atoms with Crippen molar-refractivity contribution in [1.82, 2.24) is 0 Å². The molecule has 17 heavy (non-hydrogen) atoms. The summed E-state index contributed by atoms with van der Waals surface area (Å²) in [5, 5.41) is 8.98. The second-order valence-electron chi connectivity index (χ2n) is 2.09. The maximum absolute atomic E-state index is 10.9. The molecule has 0 unspecified atom stereocenters. The van der Waals surface area contributed by atoms with Gasteiger partial charge in [0.15, 0.2) is 0 Å². The number of ether oxygens (including phenoxy) is 1. The van der Waals surface area contributed by atoms with E-state index in [0.29, 0.717) is 0 Å². The van der Waals surface area contributed by atoms with Crippen molar-refractivity contribution in [2.45, 2.75) is 27.7 Å². The highest BCUT2D eigenvalue weighted by atomic mass is 79.9. The van der Waals surface area contributed by atoms with E-state index in [0.717, 1.165) is 13.2 Å². The number of hydrogen-bond donors (Lipinski definition) is 1. The molecule has 5 nitrogen and oxygen atoms in total. The van der Waals surface area contributed by atoms with Crippen LogP contribution in [-0.4, -0.2) is 18.2 Å². The first kappa shape index (κ1) is 18.1. The summed E-state index contributed by atoms with van der Waals surface area (Å²) < 4.78 is 8.83. The largest absolute Gasteiger partial charge is 0.501 e. The highest BCUT2D eigenvalue weighted by Gasteiger charge is 2.14. The van der Waals surface area contributed by atoms with Crippen molar-refractivity contribution in [1.29, 1.82) is 0 Å². The van der Waals surface area contributed by atoms with Crippen LogP contribution in [0.15, 0.2) is 19.8 Å². The molecule has 0 saturated heterocycles. The number of methoxy groups -OCH3 is 1. The van der Waals surface area contributed by atoms with Gasteiger partial charge in [0.05, 0.1) is 11.6 Å². The minimum absolute atomic E-state index is 0.0872. The van der Waals surface area contributed by atoms with Crippen LogP contribution in [0.25, 0.3) is 0 Å². The summed E-state index contributed by atoms with van der Waals surface area (Å²) in [7, 11) is 1.16. The summed E-state index contributed by atoms with van der Waals surface area (Å²) >= 11 is 2.88. The highest BCUT2D eigenvalue weighted by Crippen LogP contribution is 2.20. The molecular formula is C11H17BrO5. The van der Waals surface area contributed by atoms with Crippen molar-refractivity contribution in [3.05, 3.63) is 26.7 Å². The third-order valence-electron chi connectivity index (χ3n) is 1.27. The molecule has 1 aromatic heterocycles. The SMILES string of the molecule is CC.CC.COC(=O)c1cc(Br)c(O)c(=O)o1. The van der Waals surface area contributed by atoms with Gasteiger partial charge in [-0.3, -0.25) is 0 Å². The molecule has 0 radical (unpaired) electrons. The van der Waals surface area contributed by atoms with Gasteiger partial charge in [0, 0.05) is 6.07 Å². The Kier molecular flexibility index (Phi) is 10.5. The summed E-state index contributed by atoms with van der Waals surface area (Å²) in [5.41, 5.74) is -0.991. The molecule has 0 fully saturated rings. The van der Waals surface area contributed by atoms with E-state index in [4.69, 9.17) is 5.11 Å². The average molecular weight is 309 g/mol. The van der Waals surface area contributed by atoms with Gasteiger partial charge < -0.3 is 14.3 Å². The predicted octanol–water partition coefficient (Wildman–Crippen LogP) is 2.95. The van der Waals surface area contributed by atoms with Crippen molar-refractivity contribution in [2.24, 2.45) is 0 Å². The van der Waals surface area contributed by atoms with E-state index in [-0.39, 0.29) is 10.2 Å². The van der Waals surface area contributed by atoms with Crippen LogP contribution < -0.4 is 5.63 Å². The molecule has 0 saturated carbocycles. The maximum Gasteiger partial charge on any atom is 0.380 e. The van der Waals surface area contributed by atoms with Crippen LogP contribution in [0.4, 0.5) is 0 Å². The Bertz CT molecular complexity index is 397. The molecule has 1 heterocycles. The Labute approximate surface area is 109 Å². The van der Waals surface area contributed by atoms with Crippen molar-refractivity contribution in [2.75, 3.05) is 7.11 Å². The van der Waals surface area contributed by atoms with Crippen molar-refractivity contribution < 1.29 is 19.1 Å². The van der Waals surface area contributed by atoms with Crippen LogP contribution >= 0.6 is 15.9 Å². The zero-order valence-electron chi connectivity index (χ0n) is 10.5. The molecule has 0 aliphatic carbocycles. The number of aromatic hydroxyl groups is 1. The summed E-state index contributed by atoms with van der Waals surface area (Å²) in [5.74, 6) is -1.62. The molecule has 0 amide bonds. The van der Waals surface area contributed by atoms with Crippen LogP contribution in [0.3, 0.4) is 0 Å². The first-order valence-electron chi connectivity index (χ1n) is 5.17. The molecule has 0 bridgehead atoms. The average Bonchev–Trinajstić information content (AvgIpc) is 2.39. The van der Waals surface area contributed by atoms with Crippen molar-refractivity contribution >= 4 is 21.9 Å². The zero-order chi connectivity index (χ0) is 14.0. The lowest BCUT2D eigenvalue weighted by molar-refractivity contribution is 0.0558. The summed E-state index contributed by atoms with van der Waals surface area (Å²) in [6.07, 6.45) is 0. The van der Waals surface area contributed by atoms with Crippen LogP contribution in [0.2, 0.25) is 0 Å². The molecule has 6 heteroatoms. The molecule has 0 spiro atoms. The van der Waals surface area contributed by atoms with E-state index in [1.54, 1.807) is 0 Å². The summed E-state index contributed by atoms with van der Waals surface area (Å²) in [6.45, 7) is 8.00. The third kappa shape index (κ3) is 5.53. The first-order valence-corrected chi connectivity index (χ1v) is 5.96. The molecule has 1 rings (SSSR count). The molecular weight excluding hydrogens is 292 g/mol. The number of esters is 1. The molecule has 1 aromatic rings. The van der Waals surface area contributed by atoms with Gasteiger partial charge in [0.25, 0.3) is 0 Å². The van der Waals surface area contributed by atoms with Gasteiger partial charge >= 0.3 is 11.6 Å². The quantitative estimate of drug-likeness (QED) is 0.807. The Hall–Kier alpha value is -1.30. The second kappa shape index (κ2) is 9.89. The monoisotopic (exact) mass is 308 g/mol. The normalized spacial score (nSPS) is 8.12.